The molecule has 0 bridgehead atoms. The van der Waals surface area contributed by atoms with Crippen molar-refractivity contribution in [3.8, 4) is 6.07 Å². The first-order valence-electron chi connectivity index (χ1n) is 4.26. The molecule has 0 aliphatic heterocycles. The molecule has 1 rings (SSSR count). The number of nitrogens with zero attached hydrogens (tertiary/aromatic N) is 3. The van der Waals surface area contributed by atoms with Crippen LogP contribution in [0.1, 0.15) is 25.0 Å². The maximum atomic E-state index is 8.31. The smallest absolute Gasteiger partial charge is 0.141 e. The number of unbranched alkanes of at least 4 members (excludes halogenated alkanes) is 2. The van der Waals surface area contributed by atoms with Crippen molar-refractivity contribution in [3.63, 3.8) is 0 Å². The van der Waals surface area contributed by atoms with Crippen molar-refractivity contribution in [1.82, 2.24) is 9.97 Å². The van der Waals surface area contributed by atoms with E-state index in [1.54, 1.807) is 12.4 Å². The molecule has 0 amide bonds. The van der Waals surface area contributed by atoms with Crippen LogP contribution >= 0.6 is 0 Å². The first kappa shape index (κ1) is 9.46. The van der Waals surface area contributed by atoms with Crippen molar-refractivity contribution in [3.05, 3.63) is 18.1 Å². The molecule has 0 aliphatic carbocycles. The van der Waals surface area contributed by atoms with Crippen LogP contribution in [-0.4, -0.2) is 9.97 Å². The molecule has 0 atom stereocenters. The SMILES string of the molecule is N#CCCCCc1cnc(N)cn1. The Morgan fingerprint density at radius 2 is 2.15 bits per heavy atom. The van der Waals surface area contributed by atoms with Crippen LogP contribution in [0.2, 0.25) is 0 Å². The van der Waals surface area contributed by atoms with Crippen molar-refractivity contribution in [2.75, 3.05) is 5.73 Å². The van der Waals surface area contributed by atoms with Crippen LogP contribution in [0, 0.1) is 11.3 Å². The number of hydrogen-bond acceptors (Lipinski definition) is 4. The fourth-order valence-electron chi connectivity index (χ4n) is 1.00. The van der Waals surface area contributed by atoms with Gasteiger partial charge in [-0.25, -0.2) is 4.98 Å². The second kappa shape index (κ2) is 5.09. The van der Waals surface area contributed by atoms with E-state index in [0.717, 1.165) is 25.0 Å². The van der Waals surface area contributed by atoms with Crippen molar-refractivity contribution in [2.24, 2.45) is 0 Å². The minimum absolute atomic E-state index is 0.445. The van der Waals surface area contributed by atoms with Crippen molar-refractivity contribution < 1.29 is 0 Å². The van der Waals surface area contributed by atoms with Crippen LogP contribution in [0.4, 0.5) is 5.82 Å². The predicted molar refractivity (Wildman–Crippen MR) is 49.6 cm³/mol. The number of aromatic nitrogens is 2. The van der Waals surface area contributed by atoms with Crippen molar-refractivity contribution in [1.29, 1.82) is 5.26 Å². The van der Waals surface area contributed by atoms with Gasteiger partial charge in [0.05, 0.1) is 24.2 Å². The van der Waals surface area contributed by atoms with E-state index in [9.17, 15) is 0 Å². The summed E-state index contributed by atoms with van der Waals surface area (Å²) in [4.78, 5) is 8.03. The molecule has 68 valence electrons. The Bertz CT molecular complexity index is 285. The zero-order valence-electron chi connectivity index (χ0n) is 7.40. The van der Waals surface area contributed by atoms with Crippen molar-refractivity contribution in [2.45, 2.75) is 25.7 Å². The van der Waals surface area contributed by atoms with E-state index < -0.39 is 0 Å². The number of aryl methyl sites for hydroxylation is 1. The van der Waals surface area contributed by atoms with Gasteiger partial charge in [0.25, 0.3) is 0 Å². The standard InChI is InChI=1S/C9H12N4/c10-5-3-1-2-4-8-6-13-9(11)7-12-8/h6-7H,1-4H2,(H2,11,13). The molecular weight excluding hydrogens is 164 g/mol. The largest absolute Gasteiger partial charge is 0.382 e. The summed E-state index contributed by atoms with van der Waals surface area (Å²) in [5.74, 6) is 0.445. The summed E-state index contributed by atoms with van der Waals surface area (Å²) in [5, 5.41) is 8.31. The molecule has 4 nitrogen and oxygen atoms in total. The molecule has 0 saturated heterocycles. The molecule has 1 aromatic rings. The maximum Gasteiger partial charge on any atom is 0.141 e. The summed E-state index contributed by atoms with van der Waals surface area (Å²) in [7, 11) is 0. The van der Waals surface area contributed by atoms with Crippen LogP contribution in [-0.2, 0) is 6.42 Å². The van der Waals surface area contributed by atoms with E-state index in [1.165, 1.54) is 0 Å². The molecular formula is C9H12N4. The number of nitrogen functional groups attached to an aromatic ring is 1. The van der Waals surface area contributed by atoms with Crippen LogP contribution in [0.25, 0.3) is 0 Å². The minimum Gasteiger partial charge on any atom is -0.382 e. The number of anilines is 1. The third-order valence-electron chi connectivity index (χ3n) is 1.70. The quantitative estimate of drug-likeness (QED) is 0.701. The zero-order valence-corrected chi connectivity index (χ0v) is 7.40. The Morgan fingerprint density at radius 3 is 2.77 bits per heavy atom. The average molecular weight is 176 g/mol. The van der Waals surface area contributed by atoms with Crippen LogP contribution in [0.15, 0.2) is 12.4 Å². The summed E-state index contributed by atoms with van der Waals surface area (Å²) in [5.41, 5.74) is 6.32. The Balaban J connectivity index is 2.30. The molecule has 0 unspecified atom stereocenters. The van der Waals surface area contributed by atoms with Crippen LogP contribution < -0.4 is 5.73 Å². The lowest BCUT2D eigenvalue weighted by Crippen LogP contribution is -1.95. The fourth-order valence-corrected chi connectivity index (χ4v) is 1.00. The van der Waals surface area contributed by atoms with E-state index in [-0.39, 0.29) is 0 Å². The van der Waals surface area contributed by atoms with Gasteiger partial charge in [0.2, 0.25) is 0 Å². The van der Waals surface area contributed by atoms with Gasteiger partial charge in [-0.2, -0.15) is 5.26 Å². The highest BCUT2D eigenvalue weighted by atomic mass is 14.9. The summed E-state index contributed by atoms with van der Waals surface area (Å²) in [6, 6.07) is 2.11. The molecule has 0 aliphatic rings. The molecule has 1 heterocycles. The fraction of sp³-hybridized carbons (Fsp3) is 0.444. The summed E-state index contributed by atoms with van der Waals surface area (Å²) >= 11 is 0. The normalized spacial score (nSPS) is 9.46. The highest BCUT2D eigenvalue weighted by Gasteiger charge is 1.95. The van der Waals surface area contributed by atoms with E-state index in [4.69, 9.17) is 11.0 Å². The molecule has 0 radical (unpaired) electrons. The monoisotopic (exact) mass is 176 g/mol. The molecule has 0 fully saturated rings. The van der Waals surface area contributed by atoms with E-state index in [2.05, 4.69) is 16.0 Å². The van der Waals surface area contributed by atoms with E-state index >= 15 is 0 Å². The molecule has 2 N–H and O–H groups in total. The molecule has 1 aromatic heterocycles. The van der Waals surface area contributed by atoms with Gasteiger partial charge in [-0.15, -0.1) is 0 Å². The summed E-state index contributed by atoms with van der Waals surface area (Å²) in [6.45, 7) is 0. The van der Waals surface area contributed by atoms with E-state index in [1.807, 2.05) is 0 Å². The second-order valence-corrected chi connectivity index (χ2v) is 2.80. The molecule has 0 saturated carbocycles. The Kier molecular flexibility index (Phi) is 3.71. The third-order valence-corrected chi connectivity index (χ3v) is 1.70. The van der Waals surface area contributed by atoms with Gasteiger partial charge in [-0.3, -0.25) is 4.98 Å². The average Bonchev–Trinajstić information content (AvgIpc) is 2.15. The Labute approximate surface area is 77.4 Å². The lowest BCUT2D eigenvalue weighted by atomic mass is 10.2. The second-order valence-electron chi connectivity index (χ2n) is 2.80. The third kappa shape index (κ3) is 3.52. The summed E-state index contributed by atoms with van der Waals surface area (Å²) < 4.78 is 0. The van der Waals surface area contributed by atoms with Crippen LogP contribution in [0.5, 0.6) is 0 Å². The first-order chi connectivity index (χ1) is 6.33. The molecule has 4 heteroatoms. The molecule has 13 heavy (non-hydrogen) atoms. The van der Waals surface area contributed by atoms with Crippen molar-refractivity contribution >= 4 is 5.82 Å². The topological polar surface area (TPSA) is 75.6 Å². The summed E-state index contributed by atoms with van der Waals surface area (Å²) in [6.07, 6.45) is 6.62. The van der Waals surface area contributed by atoms with Crippen LogP contribution in [0.3, 0.4) is 0 Å². The van der Waals surface area contributed by atoms with Gasteiger partial charge in [-0.05, 0) is 19.3 Å². The lowest BCUT2D eigenvalue weighted by Gasteiger charge is -1.98. The predicted octanol–water partition coefficient (Wildman–Crippen LogP) is 1.30. The van der Waals surface area contributed by atoms with Gasteiger partial charge >= 0.3 is 0 Å². The number of hydrogen-bond donors (Lipinski definition) is 1. The number of rotatable bonds is 4. The van der Waals surface area contributed by atoms with Gasteiger partial charge < -0.3 is 5.73 Å². The van der Waals surface area contributed by atoms with E-state index in [0.29, 0.717) is 12.2 Å². The lowest BCUT2D eigenvalue weighted by molar-refractivity contribution is 0.736. The maximum absolute atomic E-state index is 8.31. The first-order valence-corrected chi connectivity index (χ1v) is 4.26. The minimum atomic E-state index is 0.445. The van der Waals surface area contributed by atoms with Gasteiger partial charge in [0.1, 0.15) is 5.82 Å². The highest BCUT2D eigenvalue weighted by Crippen LogP contribution is 2.03. The zero-order chi connectivity index (χ0) is 9.52. The Morgan fingerprint density at radius 1 is 1.31 bits per heavy atom. The Hall–Kier alpha value is -1.63. The number of nitriles is 1. The van der Waals surface area contributed by atoms with Gasteiger partial charge in [-0.1, -0.05) is 0 Å². The van der Waals surface area contributed by atoms with Gasteiger partial charge in [0, 0.05) is 6.42 Å². The van der Waals surface area contributed by atoms with Gasteiger partial charge in [0.15, 0.2) is 0 Å². The molecule has 0 aromatic carbocycles. The molecule has 0 spiro atoms. The highest BCUT2D eigenvalue weighted by molar-refractivity contribution is 5.22. The number of nitrogens with two attached hydrogens (primary N) is 1.